The Kier molecular flexibility index (Phi) is 3.52. The van der Waals surface area contributed by atoms with Crippen LogP contribution in [-0.2, 0) is 4.74 Å². The molecule has 0 bridgehead atoms. The molecule has 0 aliphatic heterocycles. The summed E-state index contributed by atoms with van der Waals surface area (Å²) in [6.07, 6.45) is 0. The number of thiophene rings is 1. The molecule has 0 saturated heterocycles. The largest absolute Gasteiger partial charge is 0.374 e. The molecule has 0 radical (unpaired) electrons. The van der Waals surface area contributed by atoms with E-state index in [-0.39, 0.29) is 11.6 Å². The van der Waals surface area contributed by atoms with E-state index >= 15 is 0 Å². The molecule has 2 aromatic rings. The van der Waals surface area contributed by atoms with E-state index in [4.69, 9.17) is 10.5 Å². The maximum Gasteiger partial charge on any atom is 0.0818 e. The highest BCUT2D eigenvalue weighted by Crippen LogP contribution is 2.34. The molecule has 0 saturated carbocycles. The van der Waals surface area contributed by atoms with Crippen LogP contribution in [0.15, 0.2) is 29.6 Å². The lowest BCUT2D eigenvalue weighted by Crippen LogP contribution is -2.38. The predicted molar refractivity (Wildman–Crippen MR) is 74.5 cm³/mol. The van der Waals surface area contributed by atoms with E-state index in [1.165, 1.54) is 15.6 Å². The second kappa shape index (κ2) is 4.77. The minimum absolute atomic E-state index is 0.107. The van der Waals surface area contributed by atoms with Gasteiger partial charge in [0.15, 0.2) is 0 Å². The SMILES string of the molecule is CCOC(C)(C)C(N)c1cccc2ccsc12. The van der Waals surface area contributed by atoms with Crippen molar-refractivity contribution in [1.29, 1.82) is 0 Å². The Labute approximate surface area is 106 Å². The van der Waals surface area contributed by atoms with E-state index in [0.29, 0.717) is 6.61 Å². The van der Waals surface area contributed by atoms with Crippen molar-refractivity contribution in [2.24, 2.45) is 5.73 Å². The normalized spacial score (nSPS) is 14.1. The predicted octanol–water partition coefficient (Wildman–Crippen LogP) is 3.72. The number of hydrogen-bond acceptors (Lipinski definition) is 3. The van der Waals surface area contributed by atoms with Crippen LogP contribution >= 0.6 is 11.3 Å². The van der Waals surface area contributed by atoms with E-state index in [1.807, 2.05) is 20.8 Å². The van der Waals surface area contributed by atoms with Crippen molar-refractivity contribution in [2.75, 3.05) is 6.61 Å². The van der Waals surface area contributed by atoms with Crippen LogP contribution in [0.5, 0.6) is 0 Å². The van der Waals surface area contributed by atoms with Gasteiger partial charge in [-0.1, -0.05) is 18.2 Å². The average molecular weight is 249 g/mol. The van der Waals surface area contributed by atoms with Crippen LogP contribution in [0.3, 0.4) is 0 Å². The first-order chi connectivity index (χ1) is 8.06. The minimum Gasteiger partial charge on any atom is -0.374 e. The van der Waals surface area contributed by atoms with Crippen molar-refractivity contribution in [2.45, 2.75) is 32.4 Å². The van der Waals surface area contributed by atoms with Crippen molar-refractivity contribution >= 4 is 21.4 Å². The maximum atomic E-state index is 6.37. The number of ether oxygens (including phenoxy) is 1. The minimum atomic E-state index is -0.340. The summed E-state index contributed by atoms with van der Waals surface area (Å²) in [5.74, 6) is 0. The van der Waals surface area contributed by atoms with Gasteiger partial charge in [0.05, 0.1) is 11.6 Å². The summed E-state index contributed by atoms with van der Waals surface area (Å²) in [6.45, 7) is 6.78. The van der Waals surface area contributed by atoms with Gasteiger partial charge in [0, 0.05) is 11.3 Å². The molecule has 2 N–H and O–H groups in total. The van der Waals surface area contributed by atoms with E-state index in [2.05, 4.69) is 29.6 Å². The Morgan fingerprint density at radius 2 is 2.12 bits per heavy atom. The van der Waals surface area contributed by atoms with E-state index in [1.54, 1.807) is 11.3 Å². The van der Waals surface area contributed by atoms with E-state index in [9.17, 15) is 0 Å². The first-order valence-corrected chi connectivity index (χ1v) is 6.80. The Bertz CT molecular complexity index is 504. The third-order valence-corrected chi connectivity index (χ3v) is 4.09. The standard InChI is InChI=1S/C14H19NOS/c1-4-16-14(2,3)13(15)11-7-5-6-10-8-9-17-12(10)11/h5-9,13H,4,15H2,1-3H3. The molecule has 2 nitrogen and oxygen atoms in total. The molecule has 1 unspecified atom stereocenters. The molecule has 0 aliphatic carbocycles. The van der Waals surface area contributed by atoms with Gasteiger partial charge in [0.25, 0.3) is 0 Å². The molecule has 1 aromatic heterocycles. The van der Waals surface area contributed by atoms with Gasteiger partial charge in [-0.2, -0.15) is 0 Å². The van der Waals surface area contributed by atoms with Crippen molar-refractivity contribution in [3.05, 3.63) is 35.2 Å². The zero-order valence-corrected chi connectivity index (χ0v) is 11.4. The van der Waals surface area contributed by atoms with Crippen molar-refractivity contribution in [3.8, 4) is 0 Å². The van der Waals surface area contributed by atoms with Crippen molar-refractivity contribution in [1.82, 2.24) is 0 Å². The molecule has 0 aliphatic rings. The Morgan fingerprint density at radius 3 is 2.82 bits per heavy atom. The van der Waals surface area contributed by atoms with Crippen molar-refractivity contribution < 1.29 is 4.74 Å². The smallest absolute Gasteiger partial charge is 0.0818 e. The number of nitrogens with two attached hydrogens (primary N) is 1. The lowest BCUT2D eigenvalue weighted by atomic mass is 9.92. The van der Waals surface area contributed by atoms with Crippen molar-refractivity contribution in [3.63, 3.8) is 0 Å². The van der Waals surface area contributed by atoms with E-state index < -0.39 is 0 Å². The van der Waals surface area contributed by atoms with Crippen LogP contribution in [0.2, 0.25) is 0 Å². The molecule has 0 fully saturated rings. The summed E-state index contributed by atoms with van der Waals surface area (Å²) in [5.41, 5.74) is 7.20. The summed E-state index contributed by atoms with van der Waals surface area (Å²) in [7, 11) is 0. The maximum absolute atomic E-state index is 6.37. The molecule has 1 atom stereocenters. The molecule has 0 amide bonds. The lowest BCUT2D eigenvalue weighted by molar-refractivity contribution is -0.0294. The van der Waals surface area contributed by atoms with Crippen LogP contribution in [0.25, 0.3) is 10.1 Å². The Hall–Kier alpha value is -0.900. The van der Waals surface area contributed by atoms with Crippen LogP contribution in [-0.4, -0.2) is 12.2 Å². The third-order valence-electron chi connectivity index (χ3n) is 3.11. The molecular formula is C14H19NOS. The highest BCUT2D eigenvalue weighted by molar-refractivity contribution is 7.17. The molecular weight excluding hydrogens is 230 g/mol. The highest BCUT2D eigenvalue weighted by atomic mass is 32.1. The summed E-state index contributed by atoms with van der Waals surface area (Å²) in [6, 6.07) is 8.31. The Morgan fingerprint density at radius 1 is 1.35 bits per heavy atom. The van der Waals surface area contributed by atoms with Crippen LogP contribution in [0, 0.1) is 0 Å². The topological polar surface area (TPSA) is 35.2 Å². The fourth-order valence-corrected chi connectivity index (χ4v) is 3.05. The molecule has 3 heteroatoms. The summed E-state index contributed by atoms with van der Waals surface area (Å²) in [4.78, 5) is 0. The number of benzene rings is 1. The van der Waals surface area contributed by atoms with Crippen LogP contribution in [0.4, 0.5) is 0 Å². The third kappa shape index (κ3) is 2.37. The molecule has 92 valence electrons. The number of hydrogen-bond donors (Lipinski definition) is 1. The van der Waals surface area contributed by atoms with Crippen LogP contribution < -0.4 is 5.73 Å². The number of rotatable bonds is 4. The van der Waals surface area contributed by atoms with Gasteiger partial charge in [-0.3, -0.25) is 0 Å². The molecule has 2 rings (SSSR count). The molecule has 1 heterocycles. The van der Waals surface area contributed by atoms with Gasteiger partial charge < -0.3 is 10.5 Å². The first-order valence-electron chi connectivity index (χ1n) is 5.92. The average Bonchev–Trinajstić information content (AvgIpc) is 2.75. The second-order valence-corrected chi connectivity index (χ2v) is 5.62. The Balaban J connectivity index is 2.42. The first kappa shape index (κ1) is 12.6. The van der Waals surface area contributed by atoms with Gasteiger partial charge in [-0.25, -0.2) is 0 Å². The summed E-state index contributed by atoms with van der Waals surface area (Å²) >= 11 is 1.74. The fraction of sp³-hybridized carbons (Fsp3) is 0.429. The van der Waals surface area contributed by atoms with Gasteiger partial charge in [-0.05, 0) is 43.2 Å². The highest BCUT2D eigenvalue weighted by Gasteiger charge is 2.29. The second-order valence-electron chi connectivity index (χ2n) is 4.70. The quantitative estimate of drug-likeness (QED) is 0.896. The lowest BCUT2D eigenvalue weighted by Gasteiger charge is -2.32. The van der Waals surface area contributed by atoms with Gasteiger partial charge in [0.2, 0.25) is 0 Å². The van der Waals surface area contributed by atoms with Gasteiger partial charge in [0.1, 0.15) is 0 Å². The van der Waals surface area contributed by atoms with Gasteiger partial charge >= 0.3 is 0 Å². The number of fused-ring (bicyclic) bond motifs is 1. The fourth-order valence-electron chi connectivity index (χ4n) is 2.10. The molecule has 17 heavy (non-hydrogen) atoms. The van der Waals surface area contributed by atoms with E-state index in [0.717, 1.165) is 0 Å². The summed E-state index contributed by atoms with van der Waals surface area (Å²) < 4.78 is 7.02. The van der Waals surface area contributed by atoms with Gasteiger partial charge in [-0.15, -0.1) is 11.3 Å². The summed E-state index contributed by atoms with van der Waals surface area (Å²) in [5, 5.41) is 3.37. The zero-order valence-electron chi connectivity index (χ0n) is 10.6. The molecule has 1 aromatic carbocycles. The van der Waals surface area contributed by atoms with Crippen LogP contribution in [0.1, 0.15) is 32.4 Å². The monoisotopic (exact) mass is 249 g/mol. The molecule has 0 spiro atoms. The zero-order chi connectivity index (χ0) is 12.5.